The van der Waals surface area contributed by atoms with Crippen LogP contribution < -0.4 is 10.6 Å². The van der Waals surface area contributed by atoms with E-state index in [0.717, 1.165) is 16.6 Å². The molecule has 1 atom stereocenters. The van der Waals surface area contributed by atoms with Crippen LogP contribution in [0.2, 0.25) is 0 Å². The molecule has 1 aliphatic heterocycles. The van der Waals surface area contributed by atoms with Crippen molar-refractivity contribution < 1.29 is 4.79 Å². The number of aromatic nitrogens is 1. The minimum atomic E-state index is -0.0969. The largest absolute Gasteiger partial charge is 0.383 e. The van der Waals surface area contributed by atoms with E-state index in [1.165, 1.54) is 5.56 Å². The lowest BCUT2D eigenvalue weighted by molar-refractivity contribution is 0.0981. The smallest absolute Gasteiger partial charge is 0.262 e. The number of anilines is 2. The second-order valence-electron chi connectivity index (χ2n) is 5.44. The van der Waals surface area contributed by atoms with Crippen LogP contribution in [0.25, 0.3) is 0 Å². The monoisotopic (exact) mass is 345 g/mol. The number of nitrogens with zero attached hydrogens (tertiary/aromatic N) is 2. The third kappa shape index (κ3) is 2.65. The van der Waals surface area contributed by atoms with Gasteiger partial charge in [0, 0.05) is 22.9 Å². The van der Waals surface area contributed by atoms with E-state index in [0.29, 0.717) is 18.0 Å². The van der Waals surface area contributed by atoms with Gasteiger partial charge in [0.25, 0.3) is 5.91 Å². The molecular weight excluding hydrogens is 330 g/mol. The van der Waals surface area contributed by atoms with Gasteiger partial charge in [-0.05, 0) is 46.0 Å². The van der Waals surface area contributed by atoms with Crippen molar-refractivity contribution in [3.05, 3.63) is 52.1 Å². The molecule has 0 bridgehead atoms. The van der Waals surface area contributed by atoms with Gasteiger partial charge in [-0.25, -0.2) is 4.98 Å². The van der Waals surface area contributed by atoms with E-state index < -0.39 is 0 Å². The number of para-hydroxylation sites is 1. The van der Waals surface area contributed by atoms with Gasteiger partial charge in [0.1, 0.15) is 5.82 Å². The summed E-state index contributed by atoms with van der Waals surface area (Å²) < 4.78 is 0.749. The molecule has 1 amide bonds. The minimum Gasteiger partial charge on any atom is -0.383 e. The van der Waals surface area contributed by atoms with Crippen LogP contribution in [0.15, 0.2) is 41.0 Å². The Labute approximate surface area is 132 Å². The fourth-order valence-corrected chi connectivity index (χ4v) is 3.09. The van der Waals surface area contributed by atoms with Gasteiger partial charge in [0.15, 0.2) is 0 Å². The first-order valence-corrected chi connectivity index (χ1v) is 7.66. The molecule has 1 unspecified atom stereocenters. The number of carbonyl (C=O) groups excluding carboxylic acids is 1. The van der Waals surface area contributed by atoms with Crippen LogP contribution in [0.4, 0.5) is 11.5 Å². The molecule has 21 heavy (non-hydrogen) atoms. The zero-order chi connectivity index (χ0) is 15.0. The highest BCUT2D eigenvalue weighted by Crippen LogP contribution is 2.31. The molecule has 1 aromatic heterocycles. The maximum atomic E-state index is 12.9. The number of nitrogen functional groups attached to an aromatic ring is 1. The van der Waals surface area contributed by atoms with Crippen molar-refractivity contribution in [2.24, 2.45) is 5.92 Å². The number of pyridine rings is 1. The van der Waals surface area contributed by atoms with Crippen molar-refractivity contribution in [1.29, 1.82) is 0 Å². The molecule has 1 aliphatic rings. The van der Waals surface area contributed by atoms with E-state index in [4.69, 9.17) is 5.73 Å². The Kier molecular flexibility index (Phi) is 3.68. The number of halogens is 1. The van der Waals surface area contributed by atoms with Crippen LogP contribution in [0.5, 0.6) is 0 Å². The summed E-state index contributed by atoms with van der Waals surface area (Å²) in [5, 5.41) is 0. The number of amides is 1. The predicted molar refractivity (Wildman–Crippen MR) is 87.3 cm³/mol. The Morgan fingerprint density at radius 3 is 3.00 bits per heavy atom. The SMILES string of the molecule is CC1Cc2ccccc2N(C(=O)c2cc(Br)cnc2N)C1. The Bertz CT molecular complexity index is 702. The Hall–Kier alpha value is -1.88. The molecule has 0 radical (unpaired) electrons. The lowest BCUT2D eigenvalue weighted by atomic mass is 9.93. The molecule has 2 N–H and O–H groups in total. The van der Waals surface area contributed by atoms with E-state index in [-0.39, 0.29) is 11.7 Å². The molecule has 5 heteroatoms. The molecule has 0 fully saturated rings. The summed E-state index contributed by atoms with van der Waals surface area (Å²) in [5.74, 6) is 0.587. The minimum absolute atomic E-state index is 0.0969. The number of rotatable bonds is 1. The number of carbonyl (C=O) groups is 1. The van der Waals surface area contributed by atoms with Gasteiger partial charge < -0.3 is 10.6 Å². The molecule has 1 aromatic carbocycles. The summed E-state index contributed by atoms with van der Waals surface area (Å²) in [6.07, 6.45) is 2.59. The van der Waals surface area contributed by atoms with Crippen LogP contribution in [-0.2, 0) is 6.42 Å². The van der Waals surface area contributed by atoms with Gasteiger partial charge >= 0.3 is 0 Å². The van der Waals surface area contributed by atoms with Crippen molar-refractivity contribution in [3.63, 3.8) is 0 Å². The van der Waals surface area contributed by atoms with E-state index >= 15 is 0 Å². The van der Waals surface area contributed by atoms with Gasteiger partial charge in [-0.15, -0.1) is 0 Å². The number of hydrogen-bond acceptors (Lipinski definition) is 3. The van der Waals surface area contributed by atoms with Crippen LogP contribution in [0, 0.1) is 5.92 Å². The average Bonchev–Trinajstić information content (AvgIpc) is 2.48. The van der Waals surface area contributed by atoms with Gasteiger partial charge in [0.05, 0.1) is 5.56 Å². The fraction of sp³-hybridized carbons (Fsp3) is 0.250. The lowest BCUT2D eigenvalue weighted by Crippen LogP contribution is -2.39. The summed E-state index contributed by atoms with van der Waals surface area (Å²) in [6, 6.07) is 9.76. The van der Waals surface area contributed by atoms with E-state index in [9.17, 15) is 4.79 Å². The van der Waals surface area contributed by atoms with Crippen molar-refractivity contribution in [1.82, 2.24) is 4.98 Å². The normalized spacial score (nSPS) is 17.4. The van der Waals surface area contributed by atoms with Crippen molar-refractivity contribution >= 4 is 33.3 Å². The van der Waals surface area contributed by atoms with Gasteiger partial charge in [-0.1, -0.05) is 25.1 Å². The first-order chi connectivity index (χ1) is 10.1. The molecule has 2 heterocycles. The van der Waals surface area contributed by atoms with Crippen molar-refractivity contribution in [3.8, 4) is 0 Å². The highest BCUT2D eigenvalue weighted by Gasteiger charge is 2.28. The molecule has 108 valence electrons. The highest BCUT2D eigenvalue weighted by molar-refractivity contribution is 9.10. The first-order valence-electron chi connectivity index (χ1n) is 6.87. The third-order valence-corrected chi connectivity index (χ3v) is 4.14. The van der Waals surface area contributed by atoms with Crippen LogP contribution in [-0.4, -0.2) is 17.4 Å². The highest BCUT2D eigenvalue weighted by atomic mass is 79.9. The second kappa shape index (κ2) is 5.48. The fourth-order valence-electron chi connectivity index (χ4n) is 2.76. The average molecular weight is 346 g/mol. The summed E-state index contributed by atoms with van der Waals surface area (Å²) in [7, 11) is 0. The summed E-state index contributed by atoms with van der Waals surface area (Å²) in [4.78, 5) is 18.7. The third-order valence-electron chi connectivity index (χ3n) is 3.71. The van der Waals surface area contributed by atoms with Gasteiger partial charge in [-0.2, -0.15) is 0 Å². The van der Waals surface area contributed by atoms with Crippen molar-refractivity contribution in [2.75, 3.05) is 17.2 Å². The maximum Gasteiger partial charge on any atom is 0.262 e. The summed E-state index contributed by atoms with van der Waals surface area (Å²) in [6.45, 7) is 2.85. The van der Waals surface area contributed by atoms with Crippen LogP contribution in [0.1, 0.15) is 22.8 Å². The zero-order valence-electron chi connectivity index (χ0n) is 11.7. The Morgan fingerprint density at radius 1 is 1.43 bits per heavy atom. The van der Waals surface area contributed by atoms with Gasteiger partial charge in [-0.3, -0.25) is 4.79 Å². The topological polar surface area (TPSA) is 59.2 Å². The molecule has 4 nitrogen and oxygen atoms in total. The molecule has 0 aliphatic carbocycles. The second-order valence-corrected chi connectivity index (χ2v) is 6.36. The molecular formula is C16H16BrN3O. The lowest BCUT2D eigenvalue weighted by Gasteiger charge is -2.33. The van der Waals surface area contributed by atoms with Crippen molar-refractivity contribution in [2.45, 2.75) is 13.3 Å². The van der Waals surface area contributed by atoms with Crippen LogP contribution >= 0.6 is 15.9 Å². The predicted octanol–water partition coefficient (Wildman–Crippen LogP) is 3.27. The van der Waals surface area contributed by atoms with Crippen LogP contribution in [0.3, 0.4) is 0 Å². The molecule has 0 spiro atoms. The van der Waals surface area contributed by atoms with E-state index in [1.54, 1.807) is 12.3 Å². The molecule has 0 saturated heterocycles. The Balaban J connectivity index is 2.04. The standard InChI is InChI=1S/C16H16BrN3O/c1-10-6-11-4-2-3-5-14(11)20(9-10)16(21)13-7-12(17)8-19-15(13)18/h2-5,7-8,10H,6,9H2,1H3,(H2,18,19). The van der Waals surface area contributed by atoms with E-state index in [2.05, 4.69) is 33.9 Å². The molecule has 2 aromatic rings. The maximum absolute atomic E-state index is 12.9. The Morgan fingerprint density at radius 2 is 2.19 bits per heavy atom. The van der Waals surface area contributed by atoms with E-state index in [1.807, 2.05) is 23.1 Å². The summed E-state index contributed by atoms with van der Waals surface area (Å²) >= 11 is 3.34. The number of hydrogen-bond donors (Lipinski definition) is 1. The zero-order valence-corrected chi connectivity index (χ0v) is 13.3. The first kappa shape index (κ1) is 14.1. The number of fused-ring (bicyclic) bond motifs is 1. The molecule has 0 saturated carbocycles. The summed E-state index contributed by atoms with van der Waals surface area (Å²) in [5.41, 5.74) is 8.48. The quantitative estimate of drug-likeness (QED) is 0.862. The number of benzene rings is 1. The molecule has 3 rings (SSSR count). The van der Waals surface area contributed by atoms with Gasteiger partial charge in [0.2, 0.25) is 0 Å². The number of nitrogens with two attached hydrogens (primary N) is 1.